The molecule has 1 saturated carbocycles. The molecule has 1 heterocycles. The second-order valence-corrected chi connectivity index (χ2v) is 4.54. The highest BCUT2D eigenvalue weighted by atomic mass is 16.5. The van der Waals surface area contributed by atoms with Crippen LogP contribution in [-0.2, 0) is 9.53 Å². The zero-order valence-electron chi connectivity index (χ0n) is 7.66. The lowest BCUT2D eigenvalue weighted by Gasteiger charge is -2.37. The fraction of sp³-hybridized carbons (Fsp3) is 0.727. The first-order chi connectivity index (χ1) is 6.31. The van der Waals surface area contributed by atoms with Crippen LogP contribution in [0.25, 0.3) is 0 Å². The maximum Gasteiger partial charge on any atom is 0.135 e. The van der Waals surface area contributed by atoms with E-state index in [0.29, 0.717) is 23.5 Å². The number of Topliss-reactive ketones (excluding diaryl/α,β-unsaturated/α-hetero) is 1. The molecule has 2 heteroatoms. The summed E-state index contributed by atoms with van der Waals surface area (Å²) in [5.41, 5.74) is 0.327. The Morgan fingerprint density at radius 3 is 3.38 bits per heavy atom. The number of rotatable bonds is 0. The number of ketones is 1. The molecule has 0 aromatic carbocycles. The molecule has 2 fully saturated rings. The molecule has 0 bridgehead atoms. The molecule has 0 N–H and O–H groups in total. The quantitative estimate of drug-likeness (QED) is 0.528. The molecule has 3 rings (SSSR count). The zero-order valence-corrected chi connectivity index (χ0v) is 7.66. The van der Waals surface area contributed by atoms with Crippen molar-refractivity contribution < 1.29 is 9.53 Å². The molecule has 1 saturated heterocycles. The van der Waals surface area contributed by atoms with Gasteiger partial charge in [0, 0.05) is 24.2 Å². The highest BCUT2D eigenvalue weighted by molar-refractivity contribution is 5.80. The maximum atomic E-state index is 11.3. The lowest BCUT2D eigenvalue weighted by atomic mass is 9.67. The average molecular weight is 178 g/mol. The molecule has 1 spiro atoms. The molecule has 0 aromatic rings. The molecular formula is C11H14O2. The van der Waals surface area contributed by atoms with Gasteiger partial charge in [-0.3, -0.25) is 4.79 Å². The summed E-state index contributed by atoms with van der Waals surface area (Å²) in [6.07, 6.45) is 8.42. The third kappa shape index (κ3) is 0.896. The summed E-state index contributed by atoms with van der Waals surface area (Å²) in [6, 6.07) is 0. The van der Waals surface area contributed by atoms with Gasteiger partial charge in [-0.2, -0.15) is 0 Å². The first-order valence-corrected chi connectivity index (χ1v) is 5.11. The van der Waals surface area contributed by atoms with Gasteiger partial charge in [0.2, 0.25) is 0 Å². The van der Waals surface area contributed by atoms with Gasteiger partial charge in [-0.1, -0.05) is 12.2 Å². The van der Waals surface area contributed by atoms with E-state index in [-0.39, 0.29) is 6.10 Å². The maximum absolute atomic E-state index is 11.3. The summed E-state index contributed by atoms with van der Waals surface area (Å²) in [6.45, 7) is 0.842. The van der Waals surface area contributed by atoms with E-state index in [4.69, 9.17) is 4.74 Å². The normalized spacial score (nSPS) is 47.8. The predicted molar refractivity (Wildman–Crippen MR) is 48.3 cm³/mol. The van der Waals surface area contributed by atoms with Crippen LogP contribution in [-0.4, -0.2) is 18.5 Å². The highest BCUT2D eigenvalue weighted by Crippen LogP contribution is 2.54. The van der Waals surface area contributed by atoms with E-state index in [1.807, 2.05) is 0 Å². The molecule has 2 nitrogen and oxygen atoms in total. The predicted octanol–water partition coefficient (Wildman–Crippen LogP) is 1.70. The Kier molecular flexibility index (Phi) is 1.46. The van der Waals surface area contributed by atoms with Gasteiger partial charge in [0.15, 0.2) is 0 Å². The van der Waals surface area contributed by atoms with Crippen LogP contribution < -0.4 is 0 Å². The monoisotopic (exact) mass is 178 g/mol. The van der Waals surface area contributed by atoms with Crippen molar-refractivity contribution in [1.82, 2.24) is 0 Å². The smallest absolute Gasteiger partial charge is 0.135 e. The topological polar surface area (TPSA) is 26.3 Å². The van der Waals surface area contributed by atoms with Gasteiger partial charge >= 0.3 is 0 Å². The van der Waals surface area contributed by atoms with Crippen LogP contribution >= 0.6 is 0 Å². The van der Waals surface area contributed by atoms with E-state index in [9.17, 15) is 4.79 Å². The van der Waals surface area contributed by atoms with Crippen LogP contribution in [0.5, 0.6) is 0 Å². The van der Waals surface area contributed by atoms with Crippen molar-refractivity contribution in [3.63, 3.8) is 0 Å². The van der Waals surface area contributed by atoms with Crippen LogP contribution in [0.3, 0.4) is 0 Å². The van der Waals surface area contributed by atoms with Crippen molar-refractivity contribution in [3.05, 3.63) is 12.2 Å². The summed E-state index contributed by atoms with van der Waals surface area (Å²) in [5.74, 6) is 0.994. The number of allylic oxidation sites excluding steroid dienone is 1. The summed E-state index contributed by atoms with van der Waals surface area (Å²) in [5, 5.41) is 0. The molecule has 0 unspecified atom stereocenters. The molecule has 3 aliphatic rings. The van der Waals surface area contributed by atoms with Crippen LogP contribution in [0.2, 0.25) is 0 Å². The van der Waals surface area contributed by atoms with Crippen LogP contribution in [0.1, 0.15) is 25.7 Å². The first kappa shape index (κ1) is 7.74. The van der Waals surface area contributed by atoms with Crippen molar-refractivity contribution in [2.24, 2.45) is 11.3 Å². The molecular weight excluding hydrogens is 164 g/mol. The van der Waals surface area contributed by atoms with E-state index < -0.39 is 0 Å². The minimum Gasteiger partial charge on any atom is -0.377 e. The van der Waals surface area contributed by atoms with Crippen molar-refractivity contribution in [2.75, 3.05) is 6.61 Å². The van der Waals surface area contributed by atoms with Gasteiger partial charge in [0.05, 0.1) is 12.7 Å². The van der Waals surface area contributed by atoms with Gasteiger partial charge < -0.3 is 4.74 Å². The third-order valence-electron chi connectivity index (χ3n) is 4.01. The molecule has 2 aliphatic carbocycles. The molecule has 13 heavy (non-hydrogen) atoms. The Morgan fingerprint density at radius 2 is 2.46 bits per heavy atom. The van der Waals surface area contributed by atoms with Crippen LogP contribution in [0.4, 0.5) is 0 Å². The van der Waals surface area contributed by atoms with Gasteiger partial charge in [-0.05, 0) is 12.8 Å². The second kappa shape index (κ2) is 2.44. The molecule has 0 radical (unpaired) electrons. The second-order valence-electron chi connectivity index (χ2n) is 4.54. The first-order valence-electron chi connectivity index (χ1n) is 5.11. The van der Waals surface area contributed by atoms with Gasteiger partial charge in [-0.15, -0.1) is 0 Å². The number of hydrogen-bond acceptors (Lipinski definition) is 2. The van der Waals surface area contributed by atoms with Crippen molar-refractivity contribution in [3.8, 4) is 0 Å². The standard InChI is InChI=1S/C11H14O2/c12-9-3-5-11-4-1-2-8(11)7-13-10(11)6-9/h1-2,8,10H,3-7H2/t8-,10-,11+/m0/s1. The Hall–Kier alpha value is -0.630. The molecule has 1 aliphatic heterocycles. The summed E-state index contributed by atoms with van der Waals surface area (Å²) in [4.78, 5) is 11.3. The Balaban J connectivity index is 1.93. The van der Waals surface area contributed by atoms with Gasteiger partial charge in [0.1, 0.15) is 5.78 Å². The Labute approximate surface area is 78.0 Å². The molecule has 3 atom stereocenters. The van der Waals surface area contributed by atoms with Gasteiger partial charge in [0.25, 0.3) is 0 Å². The fourth-order valence-corrected chi connectivity index (χ4v) is 3.16. The molecule has 0 amide bonds. The van der Waals surface area contributed by atoms with Gasteiger partial charge in [-0.25, -0.2) is 0 Å². The number of carbonyl (C=O) groups is 1. The SMILES string of the molecule is O=C1CC[C@]23CC=C[C@H]2CO[C@H]3C1. The van der Waals surface area contributed by atoms with E-state index in [1.165, 1.54) is 0 Å². The number of ether oxygens (including phenoxy) is 1. The molecule has 70 valence electrons. The van der Waals surface area contributed by atoms with E-state index in [1.54, 1.807) is 0 Å². The minimum absolute atomic E-state index is 0.230. The van der Waals surface area contributed by atoms with Crippen molar-refractivity contribution in [1.29, 1.82) is 0 Å². The highest BCUT2D eigenvalue weighted by Gasteiger charge is 2.53. The lowest BCUT2D eigenvalue weighted by molar-refractivity contribution is -0.127. The molecule has 0 aromatic heterocycles. The number of carbonyl (C=O) groups excluding carboxylic acids is 1. The summed E-state index contributed by atoms with van der Waals surface area (Å²) < 4.78 is 5.71. The van der Waals surface area contributed by atoms with E-state index in [2.05, 4.69) is 12.2 Å². The Bertz CT molecular complexity index is 282. The largest absolute Gasteiger partial charge is 0.377 e. The Morgan fingerprint density at radius 1 is 1.54 bits per heavy atom. The summed E-state index contributed by atoms with van der Waals surface area (Å²) >= 11 is 0. The summed E-state index contributed by atoms with van der Waals surface area (Å²) in [7, 11) is 0. The number of hydrogen-bond donors (Lipinski definition) is 0. The van der Waals surface area contributed by atoms with E-state index >= 15 is 0 Å². The minimum atomic E-state index is 0.230. The van der Waals surface area contributed by atoms with Crippen molar-refractivity contribution in [2.45, 2.75) is 31.8 Å². The zero-order chi connectivity index (χ0) is 8.89. The van der Waals surface area contributed by atoms with Crippen LogP contribution in [0, 0.1) is 11.3 Å². The van der Waals surface area contributed by atoms with Crippen molar-refractivity contribution >= 4 is 5.78 Å². The third-order valence-corrected chi connectivity index (χ3v) is 4.01. The van der Waals surface area contributed by atoms with Crippen LogP contribution in [0.15, 0.2) is 12.2 Å². The van der Waals surface area contributed by atoms with E-state index in [0.717, 1.165) is 25.9 Å². The lowest BCUT2D eigenvalue weighted by Crippen LogP contribution is -2.39. The average Bonchev–Trinajstić information content (AvgIpc) is 2.62. The fourth-order valence-electron chi connectivity index (χ4n) is 3.16.